The van der Waals surface area contributed by atoms with Crippen molar-refractivity contribution in [2.45, 2.75) is 90.3 Å². The third-order valence-corrected chi connectivity index (χ3v) is 8.62. The van der Waals surface area contributed by atoms with Crippen molar-refractivity contribution in [1.29, 1.82) is 0 Å². The van der Waals surface area contributed by atoms with Gasteiger partial charge in [-0.25, -0.2) is 14.8 Å². The number of aromatic nitrogens is 6. The van der Waals surface area contributed by atoms with Crippen molar-refractivity contribution in [2.75, 3.05) is 23.4 Å². The molecule has 0 saturated heterocycles. The summed E-state index contributed by atoms with van der Waals surface area (Å²) in [6, 6.07) is 0.633. The standard InChI is InChI=1S/C26H38N8O3/c1-15-6-8-17(9-7-15)14-34-20-21(27-16(2)18-4-3-5-18)28-23(24-31-26(36)37-32-24)29-22(20)30-25(34)33(12-13-35)19-10-11-19/h15-19,35H,3-14H2,1-2H3,(H,27,28,29)(H,31,32,36)/t15?,16-,17?/m1/s1. The average Bonchev–Trinajstić information content (AvgIpc) is 3.49. The van der Waals surface area contributed by atoms with Gasteiger partial charge in [0.15, 0.2) is 11.5 Å². The molecule has 3 heterocycles. The van der Waals surface area contributed by atoms with E-state index in [0.29, 0.717) is 35.9 Å². The normalized spacial score (nSPS) is 23.2. The molecular weight excluding hydrogens is 472 g/mol. The highest BCUT2D eigenvalue weighted by molar-refractivity contribution is 5.87. The number of hydrogen-bond donors (Lipinski definition) is 3. The number of aliphatic hydroxyl groups is 1. The summed E-state index contributed by atoms with van der Waals surface area (Å²) < 4.78 is 7.04. The van der Waals surface area contributed by atoms with Crippen LogP contribution >= 0.6 is 0 Å². The first-order valence-corrected chi connectivity index (χ1v) is 14.0. The SMILES string of the molecule is CC1CCC(Cn2c(N(CCO)C3CC3)nc3nc(-c4noc(=O)[nH]4)nc(N[C@H](C)C4CCC4)c32)CC1. The lowest BCUT2D eigenvalue weighted by Crippen LogP contribution is -2.33. The van der Waals surface area contributed by atoms with Gasteiger partial charge in [-0.05, 0) is 63.2 Å². The van der Waals surface area contributed by atoms with Crippen LogP contribution in [0.15, 0.2) is 9.32 Å². The summed E-state index contributed by atoms with van der Waals surface area (Å²) >= 11 is 0. The second-order valence-corrected chi connectivity index (χ2v) is 11.4. The molecule has 6 rings (SSSR count). The monoisotopic (exact) mass is 510 g/mol. The topological polar surface area (TPSA) is 138 Å². The minimum Gasteiger partial charge on any atom is -0.395 e. The van der Waals surface area contributed by atoms with Gasteiger partial charge >= 0.3 is 5.76 Å². The molecule has 0 amide bonds. The lowest BCUT2D eigenvalue weighted by Gasteiger charge is -2.32. The van der Waals surface area contributed by atoms with Crippen LogP contribution in [0.2, 0.25) is 0 Å². The summed E-state index contributed by atoms with van der Waals surface area (Å²) in [4.78, 5) is 31.2. The molecular formula is C26H38N8O3. The Kier molecular flexibility index (Phi) is 6.64. The van der Waals surface area contributed by atoms with Gasteiger partial charge in [-0.3, -0.25) is 9.51 Å². The number of aliphatic hydroxyl groups excluding tert-OH is 1. The van der Waals surface area contributed by atoms with Crippen LogP contribution in [0, 0.1) is 17.8 Å². The fourth-order valence-electron chi connectivity index (χ4n) is 5.93. The predicted octanol–water partition coefficient (Wildman–Crippen LogP) is 3.56. The third-order valence-electron chi connectivity index (χ3n) is 8.62. The van der Waals surface area contributed by atoms with Crippen molar-refractivity contribution in [3.63, 3.8) is 0 Å². The van der Waals surface area contributed by atoms with E-state index in [1.807, 2.05) is 0 Å². The highest BCUT2D eigenvalue weighted by Crippen LogP contribution is 2.38. The van der Waals surface area contributed by atoms with Gasteiger partial charge in [-0.15, -0.1) is 0 Å². The van der Waals surface area contributed by atoms with Crippen LogP contribution in [0.25, 0.3) is 22.8 Å². The second kappa shape index (κ2) is 10.1. The van der Waals surface area contributed by atoms with Crippen molar-refractivity contribution in [2.24, 2.45) is 17.8 Å². The van der Waals surface area contributed by atoms with Crippen LogP contribution in [-0.2, 0) is 6.54 Å². The van der Waals surface area contributed by atoms with Gasteiger partial charge < -0.3 is 19.9 Å². The van der Waals surface area contributed by atoms with Gasteiger partial charge in [0.1, 0.15) is 5.52 Å². The van der Waals surface area contributed by atoms with Gasteiger partial charge in [0.25, 0.3) is 0 Å². The van der Waals surface area contributed by atoms with E-state index >= 15 is 0 Å². The zero-order valence-electron chi connectivity index (χ0n) is 21.8. The summed E-state index contributed by atoms with van der Waals surface area (Å²) in [5, 5.41) is 17.4. The summed E-state index contributed by atoms with van der Waals surface area (Å²) in [7, 11) is 0. The Balaban J connectivity index is 1.48. The predicted molar refractivity (Wildman–Crippen MR) is 140 cm³/mol. The van der Waals surface area contributed by atoms with Crippen LogP contribution < -0.4 is 16.0 Å². The van der Waals surface area contributed by atoms with Crippen LogP contribution in [-0.4, -0.2) is 60.0 Å². The number of imidazole rings is 1. The lowest BCUT2D eigenvalue weighted by atomic mass is 9.80. The molecule has 0 unspecified atom stereocenters. The van der Waals surface area contributed by atoms with Crippen molar-refractivity contribution < 1.29 is 9.63 Å². The largest absolute Gasteiger partial charge is 0.439 e. The summed E-state index contributed by atoms with van der Waals surface area (Å²) in [5.74, 6) is 3.35. The molecule has 3 aliphatic rings. The first kappa shape index (κ1) is 24.4. The molecule has 1 atom stereocenters. The molecule has 3 aromatic rings. The van der Waals surface area contributed by atoms with Gasteiger partial charge in [0.2, 0.25) is 17.6 Å². The maximum Gasteiger partial charge on any atom is 0.439 e. The third kappa shape index (κ3) is 4.97. The first-order chi connectivity index (χ1) is 18.0. The van der Waals surface area contributed by atoms with Crippen LogP contribution in [0.3, 0.4) is 0 Å². The molecule has 0 spiro atoms. The Morgan fingerprint density at radius 1 is 1.14 bits per heavy atom. The molecule has 3 fully saturated rings. The number of aromatic amines is 1. The van der Waals surface area contributed by atoms with E-state index in [2.05, 4.69) is 38.8 Å². The Bertz CT molecular complexity index is 1280. The zero-order valence-corrected chi connectivity index (χ0v) is 21.8. The minimum absolute atomic E-state index is 0.0710. The van der Waals surface area contributed by atoms with Gasteiger partial charge in [-0.2, -0.15) is 4.98 Å². The van der Waals surface area contributed by atoms with Gasteiger partial charge in [-0.1, -0.05) is 31.3 Å². The molecule has 0 aromatic carbocycles. The molecule has 3 saturated carbocycles. The summed E-state index contributed by atoms with van der Waals surface area (Å²) in [6.07, 6.45) is 10.8. The molecule has 0 bridgehead atoms. The molecule has 0 aliphatic heterocycles. The number of nitrogens with one attached hydrogen (secondary N) is 2. The number of anilines is 2. The first-order valence-electron chi connectivity index (χ1n) is 14.0. The smallest absolute Gasteiger partial charge is 0.395 e. The van der Waals surface area contributed by atoms with E-state index in [4.69, 9.17) is 19.5 Å². The van der Waals surface area contributed by atoms with Gasteiger partial charge in [0.05, 0.1) is 6.61 Å². The van der Waals surface area contributed by atoms with Gasteiger partial charge in [0, 0.05) is 25.2 Å². The molecule has 37 heavy (non-hydrogen) atoms. The van der Waals surface area contributed by atoms with Crippen molar-refractivity contribution in [1.82, 2.24) is 29.7 Å². The van der Waals surface area contributed by atoms with Crippen LogP contribution in [0.1, 0.15) is 71.6 Å². The number of hydrogen-bond acceptors (Lipinski definition) is 9. The highest BCUT2D eigenvalue weighted by Gasteiger charge is 2.35. The molecule has 0 radical (unpaired) electrons. The summed E-state index contributed by atoms with van der Waals surface area (Å²) in [5.41, 5.74) is 1.46. The van der Waals surface area contributed by atoms with E-state index in [1.54, 1.807) is 0 Å². The second-order valence-electron chi connectivity index (χ2n) is 11.4. The fraction of sp³-hybridized carbons (Fsp3) is 0.731. The quantitative estimate of drug-likeness (QED) is 0.374. The highest BCUT2D eigenvalue weighted by atomic mass is 16.5. The van der Waals surface area contributed by atoms with Crippen molar-refractivity contribution in [3.8, 4) is 11.6 Å². The average molecular weight is 511 g/mol. The van der Waals surface area contributed by atoms with E-state index < -0.39 is 5.76 Å². The van der Waals surface area contributed by atoms with Crippen molar-refractivity contribution >= 4 is 22.9 Å². The minimum atomic E-state index is -0.642. The lowest BCUT2D eigenvalue weighted by molar-refractivity contribution is 0.265. The number of H-pyrrole nitrogens is 1. The van der Waals surface area contributed by atoms with Crippen LogP contribution in [0.5, 0.6) is 0 Å². The van der Waals surface area contributed by atoms with E-state index in [1.165, 1.54) is 44.9 Å². The molecule has 11 nitrogen and oxygen atoms in total. The molecule has 3 N–H and O–H groups in total. The maximum atomic E-state index is 11.7. The molecule has 200 valence electrons. The maximum absolute atomic E-state index is 11.7. The fourth-order valence-corrected chi connectivity index (χ4v) is 5.93. The molecule has 3 aliphatic carbocycles. The van der Waals surface area contributed by atoms with Crippen molar-refractivity contribution in [3.05, 3.63) is 10.6 Å². The zero-order chi connectivity index (χ0) is 25.5. The van der Waals surface area contributed by atoms with E-state index in [-0.39, 0.29) is 24.3 Å². The molecule has 3 aromatic heterocycles. The Morgan fingerprint density at radius 3 is 2.54 bits per heavy atom. The number of nitrogens with zero attached hydrogens (tertiary/aromatic N) is 6. The van der Waals surface area contributed by atoms with E-state index in [9.17, 15) is 9.90 Å². The Hall–Kier alpha value is -2.95. The Labute approximate surface area is 216 Å². The summed E-state index contributed by atoms with van der Waals surface area (Å²) in [6.45, 7) is 6.01. The van der Waals surface area contributed by atoms with E-state index in [0.717, 1.165) is 36.8 Å². The van der Waals surface area contributed by atoms with Crippen LogP contribution in [0.4, 0.5) is 11.8 Å². The Morgan fingerprint density at radius 2 is 1.92 bits per heavy atom. The molecule has 11 heteroatoms. The number of fused-ring (bicyclic) bond motifs is 1. The number of rotatable bonds is 10.